The zero-order valence-electron chi connectivity index (χ0n) is 7.65. The van der Waals surface area contributed by atoms with E-state index in [1.54, 1.807) is 6.08 Å². The highest BCUT2D eigenvalue weighted by atomic mass is 32.1. The fraction of sp³-hybridized carbons (Fsp3) is 0.222. The van der Waals surface area contributed by atoms with Gasteiger partial charge in [-0.25, -0.2) is 4.98 Å². The number of hydrogen-bond donors (Lipinski definition) is 1. The summed E-state index contributed by atoms with van der Waals surface area (Å²) in [6.07, 6.45) is 2.99. The zero-order chi connectivity index (χ0) is 10.4. The molecular formula is C9H9N3OS. The summed E-state index contributed by atoms with van der Waals surface area (Å²) in [6.45, 7) is 1.93. The van der Waals surface area contributed by atoms with Gasteiger partial charge in [-0.2, -0.15) is 5.26 Å². The molecule has 1 amide bonds. The Morgan fingerprint density at radius 3 is 3.21 bits per heavy atom. The van der Waals surface area contributed by atoms with Gasteiger partial charge in [0.25, 0.3) is 0 Å². The number of carbonyl (C=O) groups excluding carboxylic acids is 1. The fourth-order valence-corrected chi connectivity index (χ4v) is 1.38. The van der Waals surface area contributed by atoms with Crippen LogP contribution in [0.5, 0.6) is 0 Å². The first-order valence-corrected chi connectivity index (χ1v) is 4.85. The van der Waals surface area contributed by atoms with E-state index in [-0.39, 0.29) is 12.5 Å². The fourth-order valence-electron chi connectivity index (χ4n) is 0.803. The number of nitriles is 1. The minimum Gasteiger partial charge on any atom is -0.339 e. The second-order valence-corrected chi connectivity index (χ2v) is 3.56. The summed E-state index contributed by atoms with van der Waals surface area (Å²) in [5, 5.41) is 13.4. The molecule has 5 heteroatoms. The van der Waals surface area contributed by atoms with Gasteiger partial charge in [-0.05, 0) is 13.0 Å². The first-order valence-electron chi connectivity index (χ1n) is 3.97. The third-order valence-electron chi connectivity index (χ3n) is 1.38. The van der Waals surface area contributed by atoms with Gasteiger partial charge in [0.05, 0.1) is 16.8 Å². The molecule has 72 valence electrons. The lowest BCUT2D eigenvalue weighted by Gasteiger charge is -1.91. The molecule has 4 nitrogen and oxygen atoms in total. The number of nitrogens with one attached hydrogen (secondary N) is 1. The average molecular weight is 207 g/mol. The Kier molecular flexibility index (Phi) is 3.83. The molecule has 0 bridgehead atoms. The van der Waals surface area contributed by atoms with E-state index >= 15 is 0 Å². The minimum atomic E-state index is -0.280. The maximum Gasteiger partial charge on any atom is 0.244 e. The first kappa shape index (κ1) is 10.4. The van der Waals surface area contributed by atoms with Crippen LogP contribution in [0.1, 0.15) is 10.7 Å². The second-order valence-electron chi connectivity index (χ2n) is 2.50. The predicted molar refractivity (Wildman–Crippen MR) is 54.5 cm³/mol. The van der Waals surface area contributed by atoms with E-state index in [1.807, 2.05) is 18.4 Å². The molecule has 0 aliphatic rings. The van der Waals surface area contributed by atoms with E-state index in [0.29, 0.717) is 0 Å². The van der Waals surface area contributed by atoms with Gasteiger partial charge in [0.15, 0.2) is 0 Å². The van der Waals surface area contributed by atoms with Crippen molar-refractivity contribution in [2.45, 2.75) is 6.92 Å². The van der Waals surface area contributed by atoms with Crippen molar-refractivity contribution in [1.29, 1.82) is 5.26 Å². The number of rotatable bonds is 3. The molecule has 0 radical (unpaired) electrons. The molecule has 1 N–H and O–H groups in total. The van der Waals surface area contributed by atoms with Crippen LogP contribution in [0.3, 0.4) is 0 Å². The Bertz CT molecular complexity index is 389. The van der Waals surface area contributed by atoms with Gasteiger partial charge in [-0.1, -0.05) is 0 Å². The van der Waals surface area contributed by atoms with Crippen LogP contribution in [0.4, 0.5) is 0 Å². The van der Waals surface area contributed by atoms with Crippen LogP contribution >= 0.6 is 11.3 Å². The number of aryl methyl sites for hydroxylation is 1. The molecular weight excluding hydrogens is 198 g/mol. The largest absolute Gasteiger partial charge is 0.339 e. The lowest BCUT2D eigenvalue weighted by Crippen LogP contribution is -2.20. The van der Waals surface area contributed by atoms with Crippen molar-refractivity contribution in [3.63, 3.8) is 0 Å². The van der Waals surface area contributed by atoms with E-state index in [4.69, 9.17) is 5.26 Å². The topological polar surface area (TPSA) is 65.8 Å². The normalized spacial score (nSPS) is 10.0. The Balaban J connectivity index is 2.48. The third-order valence-corrected chi connectivity index (χ3v) is 2.18. The molecule has 0 saturated heterocycles. The smallest absolute Gasteiger partial charge is 0.244 e. The maximum absolute atomic E-state index is 11.0. The minimum absolute atomic E-state index is 0.0271. The number of aromatic nitrogens is 1. The standard InChI is InChI=1S/C9H9N3OS/c1-7-12-8(6-14-7)2-3-9(13)11-5-4-10/h2-3,6H,5H2,1H3,(H,11,13)/b3-2-. The highest BCUT2D eigenvalue weighted by Crippen LogP contribution is 2.08. The molecule has 0 spiro atoms. The Morgan fingerprint density at radius 2 is 2.64 bits per heavy atom. The molecule has 0 atom stereocenters. The number of nitrogens with zero attached hydrogens (tertiary/aromatic N) is 2. The Hall–Kier alpha value is -1.67. The summed E-state index contributed by atoms with van der Waals surface area (Å²) in [5.41, 5.74) is 0.764. The molecule has 0 saturated carbocycles. The van der Waals surface area contributed by atoms with Crippen molar-refractivity contribution < 1.29 is 4.79 Å². The second kappa shape index (κ2) is 5.14. The lowest BCUT2D eigenvalue weighted by atomic mass is 10.4. The zero-order valence-corrected chi connectivity index (χ0v) is 8.47. The third kappa shape index (κ3) is 3.37. The van der Waals surface area contributed by atoms with Crippen LogP contribution in [0, 0.1) is 18.3 Å². The van der Waals surface area contributed by atoms with Crippen LogP contribution in [-0.2, 0) is 4.79 Å². The molecule has 1 heterocycles. The lowest BCUT2D eigenvalue weighted by molar-refractivity contribution is -0.116. The quantitative estimate of drug-likeness (QED) is 0.596. The maximum atomic E-state index is 11.0. The summed E-state index contributed by atoms with van der Waals surface area (Å²) in [5.74, 6) is -0.280. The Morgan fingerprint density at radius 1 is 1.86 bits per heavy atom. The van der Waals surface area contributed by atoms with Gasteiger partial charge in [-0.3, -0.25) is 4.79 Å². The van der Waals surface area contributed by atoms with E-state index in [2.05, 4.69) is 10.3 Å². The van der Waals surface area contributed by atoms with Crippen molar-refractivity contribution in [3.8, 4) is 6.07 Å². The molecule has 1 aromatic rings. The van der Waals surface area contributed by atoms with Gasteiger partial charge < -0.3 is 5.32 Å². The summed E-state index contributed by atoms with van der Waals surface area (Å²) in [6, 6.07) is 1.82. The molecule has 1 rings (SSSR count). The van der Waals surface area contributed by atoms with Crippen molar-refractivity contribution in [2.75, 3.05) is 6.54 Å². The van der Waals surface area contributed by atoms with Crippen LogP contribution in [-0.4, -0.2) is 17.4 Å². The van der Waals surface area contributed by atoms with Crippen LogP contribution < -0.4 is 5.32 Å². The van der Waals surface area contributed by atoms with Crippen molar-refractivity contribution in [1.82, 2.24) is 10.3 Å². The summed E-state index contributed by atoms with van der Waals surface area (Å²) >= 11 is 1.53. The average Bonchev–Trinajstić information content (AvgIpc) is 2.58. The van der Waals surface area contributed by atoms with Gasteiger partial charge in [-0.15, -0.1) is 11.3 Å². The monoisotopic (exact) mass is 207 g/mol. The number of hydrogen-bond acceptors (Lipinski definition) is 4. The molecule has 0 aliphatic heterocycles. The summed E-state index contributed by atoms with van der Waals surface area (Å²) in [7, 11) is 0. The number of carbonyl (C=O) groups is 1. The van der Waals surface area contributed by atoms with Gasteiger partial charge >= 0.3 is 0 Å². The highest BCUT2D eigenvalue weighted by Gasteiger charge is 1.95. The van der Waals surface area contributed by atoms with Crippen LogP contribution in [0.2, 0.25) is 0 Å². The van der Waals surface area contributed by atoms with Crippen molar-refractivity contribution in [3.05, 3.63) is 22.2 Å². The van der Waals surface area contributed by atoms with Crippen LogP contribution in [0.25, 0.3) is 6.08 Å². The van der Waals surface area contributed by atoms with Gasteiger partial charge in [0.2, 0.25) is 5.91 Å². The highest BCUT2D eigenvalue weighted by molar-refractivity contribution is 7.09. The molecule has 14 heavy (non-hydrogen) atoms. The SMILES string of the molecule is Cc1nc(/C=C\C(=O)NCC#N)cs1. The van der Waals surface area contributed by atoms with E-state index in [0.717, 1.165) is 10.7 Å². The molecule has 0 fully saturated rings. The van der Waals surface area contributed by atoms with E-state index < -0.39 is 0 Å². The molecule has 0 unspecified atom stereocenters. The van der Waals surface area contributed by atoms with Gasteiger partial charge in [0.1, 0.15) is 6.54 Å². The Labute approximate surface area is 85.9 Å². The first-order chi connectivity index (χ1) is 6.72. The molecule has 0 aliphatic carbocycles. The predicted octanol–water partition coefficient (Wildman–Crippen LogP) is 1.10. The van der Waals surface area contributed by atoms with Crippen LogP contribution in [0.15, 0.2) is 11.5 Å². The van der Waals surface area contributed by atoms with Crippen molar-refractivity contribution in [2.24, 2.45) is 0 Å². The number of amides is 1. The molecule has 0 aromatic carbocycles. The van der Waals surface area contributed by atoms with E-state index in [1.165, 1.54) is 17.4 Å². The summed E-state index contributed by atoms with van der Waals surface area (Å²) in [4.78, 5) is 15.2. The van der Waals surface area contributed by atoms with Crippen molar-refractivity contribution >= 4 is 23.3 Å². The molecule has 1 aromatic heterocycles. The van der Waals surface area contributed by atoms with E-state index in [9.17, 15) is 4.79 Å². The van der Waals surface area contributed by atoms with Gasteiger partial charge in [0, 0.05) is 11.5 Å². The summed E-state index contributed by atoms with van der Waals surface area (Å²) < 4.78 is 0. The number of thiazole rings is 1.